The number of nitrogens with one attached hydrogen (secondary N) is 1. The molecule has 1 heterocycles. The molecule has 7 heteroatoms. The van der Waals surface area contributed by atoms with Crippen molar-refractivity contribution in [3.8, 4) is 0 Å². The van der Waals surface area contributed by atoms with Gasteiger partial charge in [0.15, 0.2) is 0 Å². The lowest BCUT2D eigenvalue weighted by Crippen LogP contribution is -2.48. The van der Waals surface area contributed by atoms with E-state index in [-0.39, 0.29) is 18.4 Å². The topological polar surface area (TPSA) is 115 Å². The summed E-state index contributed by atoms with van der Waals surface area (Å²) in [6.45, 7) is 0. The Morgan fingerprint density at radius 1 is 1.38 bits per heavy atom. The van der Waals surface area contributed by atoms with E-state index in [0.29, 0.717) is 24.3 Å². The predicted molar refractivity (Wildman–Crippen MR) is 60.8 cm³/mol. The summed E-state index contributed by atoms with van der Waals surface area (Å²) in [5.41, 5.74) is 10.4. The van der Waals surface area contributed by atoms with Gasteiger partial charge < -0.3 is 16.8 Å². The molecule has 0 saturated carbocycles. The molecule has 0 spiro atoms. The van der Waals surface area contributed by atoms with E-state index >= 15 is 0 Å². The lowest BCUT2D eigenvalue weighted by atomic mass is 10.1. The summed E-state index contributed by atoms with van der Waals surface area (Å²) in [4.78, 5) is 22.1. The van der Waals surface area contributed by atoms with Crippen LogP contribution in [0.3, 0.4) is 0 Å². The van der Waals surface area contributed by atoms with E-state index in [1.54, 1.807) is 0 Å². The number of nitrogens with two attached hydrogens (primary N) is 2. The molecule has 6 nitrogen and oxygen atoms in total. The van der Waals surface area contributed by atoms with E-state index in [4.69, 9.17) is 11.5 Å². The van der Waals surface area contributed by atoms with Gasteiger partial charge in [-0.25, -0.2) is 0 Å². The number of hydrogen-bond acceptors (Lipinski definition) is 4. The molecular weight excluding hydrogens is 230 g/mol. The molecule has 0 bridgehead atoms. The molecule has 16 heavy (non-hydrogen) atoms. The summed E-state index contributed by atoms with van der Waals surface area (Å²) in [5, 5.41) is 2.74. The largest absolute Gasteiger partial charge is 0.370 e. The Hall–Kier alpha value is -0.950. The highest BCUT2D eigenvalue weighted by Gasteiger charge is 2.22. The van der Waals surface area contributed by atoms with Crippen molar-refractivity contribution in [1.29, 1.82) is 0 Å². The normalized spacial score (nSPS) is 27.1. The van der Waals surface area contributed by atoms with Crippen LogP contribution in [0.15, 0.2) is 0 Å². The Kier molecular flexibility index (Phi) is 4.88. The molecule has 1 unspecified atom stereocenters. The summed E-state index contributed by atoms with van der Waals surface area (Å²) >= 11 is 0. The van der Waals surface area contributed by atoms with Crippen molar-refractivity contribution in [3.63, 3.8) is 0 Å². The minimum Gasteiger partial charge on any atom is -0.370 e. The molecule has 1 rings (SSSR count). The smallest absolute Gasteiger partial charge is 0.237 e. The molecule has 5 N–H and O–H groups in total. The van der Waals surface area contributed by atoms with Crippen molar-refractivity contribution >= 4 is 22.6 Å². The number of carbonyl (C=O) groups is 2. The third-order valence-electron chi connectivity index (χ3n) is 2.49. The fraction of sp³-hybridized carbons (Fsp3) is 0.778. The molecule has 0 aromatic carbocycles. The molecule has 1 fully saturated rings. The number of rotatable bonds is 4. The third-order valence-corrected chi connectivity index (χ3v) is 3.87. The van der Waals surface area contributed by atoms with Crippen LogP contribution in [0.1, 0.15) is 19.3 Å². The maximum absolute atomic E-state index is 11.5. The van der Waals surface area contributed by atoms with E-state index in [9.17, 15) is 13.8 Å². The molecule has 0 aromatic heterocycles. The lowest BCUT2D eigenvalue weighted by molar-refractivity contribution is -0.126. The van der Waals surface area contributed by atoms with Crippen LogP contribution in [0.2, 0.25) is 0 Å². The zero-order valence-electron chi connectivity index (χ0n) is 8.98. The molecule has 0 aliphatic carbocycles. The minimum atomic E-state index is -0.884. The van der Waals surface area contributed by atoms with E-state index in [2.05, 4.69) is 5.32 Å². The molecule has 0 radical (unpaired) electrons. The van der Waals surface area contributed by atoms with E-state index in [1.165, 1.54) is 0 Å². The van der Waals surface area contributed by atoms with Crippen molar-refractivity contribution in [2.45, 2.75) is 31.3 Å². The Labute approximate surface area is 96.6 Å². The van der Waals surface area contributed by atoms with Gasteiger partial charge in [0.05, 0.1) is 12.5 Å². The van der Waals surface area contributed by atoms with Crippen LogP contribution in [0.25, 0.3) is 0 Å². The standard InChI is InChI=1S/C9H17N3O3S/c10-7(5-8(11)13)9(14)12-6-1-3-16(15)4-2-6/h6-7H,1-5,10H2,(H2,11,13)(H,12,14). The second-order valence-electron chi connectivity index (χ2n) is 3.91. The van der Waals surface area contributed by atoms with E-state index in [0.717, 1.165) is 0 Å². The fourth-order valence-corrected chi connectivity index (χ4v) is 2.85. The SMILES string of the molecule is NC(=O)CC(N)C(=O)NC1CCS(=O)CC1. The summed E-state index contributed by atoms with van der Waals surface area (Å²) in [7, 11) is -0.752. The van der Waals surface area contributed by atoms with Gasteiger partial charge in [0.2, 0.25) is 11.8 Å². The second kappa shape index (κ2) is 5.95. The molecular formula is C9H17N3O3S. The van der Waals surface area contributed by atoms with Gasteiger partial charge in [0.1, 0.15) is 0 Å². The van der Waals surface area contributed by atoms with Gasteiger partial charge in [-0.3, -0.25) is 13.8 Å². The first kappa shape index (κ1) is 13.1. The van der Waals surface area contributed by atoms with Gasteiger partial charge >= 0.3 is 0 Å². The summed E-state index contributed by atoms with van der Waals surface area (Å²) in [6.07, 6.45) is 1.24. The first-order valence-corrected chi connectivity index (χ1v) is 6.67. The van der Waals surface area contributed by atoms with Crippen molar-refractivity contribution in [3.05, 3.63) is 0 Å². The van der Waals surface area contributed by atoms with Crippen LogP contribution in [0.4, 0.5) is 0 Å². The van der Waals surface area contributed by atoms with Crippen molar-refractivity contribution in [2.75, 3.05) is 11.5 Å². The van der Waals surface area contributed by atoms with Crippen molar-refractivity contribution < 1.29 is 13.8 Å². The van der Waals surface area contributed by atoms with Gasteiger partial charge in [-0.05, 0) is 12.8 Å². The first-order valence-electron chi connectivity index (χ1n) is 5.18. The minimum absolute atomic E-state index is 0.0177. The van der Waals surface area contributed by atoms with Crippen LogP contribution >= 0.6 is 0 Å². The quantitative estimate of drug-likeness (QED) is 0.544. The van der Waals surface area contributed by atoms with Crippen molar-refractivity contribution in [2.24, 2.45) is 11.5 Å². The predicted octanol–water partition coefficient (Wildman–Crippen LogP) is -1.78. The van der Waals surface area contributed by atoms with Crippen LogP contribution in [0.5, 0.6) is 0 Å². The van der Waals surface area contributed by atoms with Gasteiger partial charge in [-0.15, -0.1) is 0 Å². The second-order valence-corrected chi connectivity index (χ2v) is 5.60. The Balaban J connectivity index is 2.33. The molecule has 2 amide bonds. The third kappa shape index (κ3) is 4.28. The molecule has 1 aliphatic heterocycles. The number of hydrogen-bond donors (Lipinski definition) is 3. The maximum Gasteiger partial charge on any atom is 0.237 e. The Morgan fingerprint density at radius 2 is 1.94 bits per heavy atom. The van der Waals surface area contributed by atoms with Gasteiger partial charge in [-0.1, -0.05) is 0 Å². The Bertz CT molecular complexity index is 298. The van der Waals surface area contributed by atoms with Crippen LogP contribution in [0, 0.1) is 0 Å². The molecule has 92 valence electrons. The molecule has 1 aliphatic rings. The number of carbonyl (C=O) groups excluding carboxylic acids is 2. The first-order chi connectivity index (χ1) is 7.49. The highest BCUT2D eigenvalue weighted by Crippen LogP contribution is 2.09. The summed E-state index contributed by atoms with van der Waals surface area (Å²) in [5.74, 6) is 0.260. The average Bonchev–Trinajstić information content (AvgIpc) is 2.20. The van der Waals surface area contributed by atoms with E-state index in [1.807, 2.05) is 0 Å². The molecule has 0 aromatic rings. The van der Waals surface area contributed by atoms with Crippen LogP contribution in [-0.2, 0) is 20.4 Å². The van der Waals surface area contributed by atoms with Crippen molar-refractivity contribution in [1.82, 2.24) is 5.32 Å². The van der Waals surface area contributed by atoms with Gasteiger partial charge in [0, 0.05) is 28.3 Å². The lowest BCUT2D eigenvalue weighted by Gasteiger charge is -2.23. The highest BCUT2D eigenvalue weighted by atomic mass is 32.2. The van der Waals surface area contributed by atoms with Crippen LogP contribution < -0.4 is 16.8 Å². The maximum atomic E-state index is 11.5. The van der Waals surface area contributed by atoms with E-state index < -0.39 is 22.7 Å². The zero-order valence-corrected chi connectivity index (χ0v) is 9.79. The number of primary amides is 1. The number of amides is 2. The summed E-state index contributed by atoms with van der Waals surface area (Å²) < 4.78 is 11.1. The van der Waals surface area contributed by atoms with Crippen LogP contribution in [-0.4, -0.2) is 39.6 Å². The zero-order chi connectivity index (χ0) is 12.1. The monoisotopic (exact) mass is 247 g/mol. The fourth-order valence-electron chi connectivity index (χ4n) is 1.56. The molecule has 1 saturated heterocycles. The van der Waals surface area contributed by atoms with Gasteiger partial charge in [0.25, 0.3) is 0 Å². The summed E-state index contributed by atoms with van der Waals surface area (Å²) in [6, 6.07) is -0.867. The van der Waals surface area contributed by atoms with Gasteiger partial charge in [-0.2, -0.15) is 0 Å². The molecule has 1 atom stereocenters. The Morgan fingerprint density at radius 3 is 2.44 bits per heavy atom. The highest BCUT2D eigenvalue weighted by molar-refractivity contribution is 7.85. The average molecular weight is 247 g/mol.